The van der Waals surface area contributed by atoms with Gasteiger partial charge in [0.2, 0.25) is 0 Å². The zero-order valence-electron chi connectivity index (χ0n) is 9.94. The van der Waals surface area contributed by atoms with Crippen molar-refractivity contribution >= 4 is 11.6 Å². The fraction of sp³-hybridized carbons (Fsp3) is 0.417. The molecule has 4 heteroatoms. The number of hydrogen-bond acceptors (Lipinski definition) is 1. The van der Waals surface area contributed by atoms with Crippen LogP contribution >= 0.6 is 0 Å². The van der Waals surface area contributed by atoms with Gasteiger partial charge in [0, 0.05) is 18.3 Å². The summed E-state index contributed by atoms with van der Waals surface area (Å²) in [5, 5.41) is 0. The minimum Gasteiger partial charge on any atom is -0.370 e. The monoisotopic (exact) mass is 223 g/mol. The Hall–Kier alpha value is -1.58. The summed E-state index contributed by atoms with van der Waals surface area (Å²) in [6.45, 7) is 6.51. The Kier molecular flexibility index (Phi) is 4.28. The van der Waals surface area contributed by atoms with Crippen molar-refractivity contribution in [2.24, 2.45) is 10.7 Å². The smallest absolute Gasteiger partial charge is 0.196 e. The Labute approximate surface area is 95.8 Å². The molecule has 0 aliphatic heterocycles. The summed E-state index contributed by atoms with van der Waals surface area (Å²) in [4.78, 5) is 6.03. The molecule has 0 atom stereocenters. The van der Waals surface area contributed by atoms with Crippen molar-refractivity contribution in [3.63, 3.8) is 0 Å². The Bertz CT molecular complexity index is 374. The topological polar surface area (TPSA) is 41.6 Å². The fourth-order valence-electron chi connectivity index (χ4n) is 1.46. The first-order chi connectivity index (χ1) is 7.54. The number of guanidine groups is 1. The van der Waals surface area contributed by atoms with Crippen LogP contribution in [0.5, 0.6) is 0 Å². The molecule has 0 aliphatic carbocycles. The van der Waals surface area contributed by atoms with Crippen molar-refractivity contribution in [2.45, 2.75) is 26.8 Å². The van der Waals surface area contributed by atoms with E-state index < -0.39 is 0 Å². The third kappa shape index (κ3) is 3.22. The number of nitrogens with zero attached hydrogens (tertiary/aromatic N) is 2. The van der Waals surface area contributed by atoms with Crippen molar-refractivity contribution < 1.29 is 4.39 Å². The molecule has 0 heterocycles. The molecule has 2 N–H and O–H groups in total. The maximum atomic E-state index is 13.1. The van der Waals surface area contributed by atoms with E-state index in [4.69, 9.17) is 5.73 Å². The molecule has 0 unspecified atom stereocenters. The maximum Gasteiger partial charge on any atom is 0.196 e. The average Bonchev–Trinajstić information content (AvgIpc) is 2.17. The highest BCUT2D eigenvalue weighted by molar-refractivity contribution is 5.94. The molecule has 0 spiro atoms. The van der Waals surface area contributed by atoms with E-state index in [0.717, 1.165) is 5.69 Å². The molecule has 16 heavy (non-hydrogen) atoms. The number of hydrogen-bond donors (Lipinski definition) is 1. The molecular weight excluding hydrogens is 205 g/mol. The summed E-state index contributed by atoms with van der Waals surface area (Å²) < 4.78 is 13.1. The van der Waals surface area contributed by atoms with Crippen LogP contribution in [0.2, 0.25) is 0 Å². The number of anilines is 1. The van der Waals surface area contributed by atoms with Crippen molar-refractivity contribution in [1.29, 1.82) is 0 Å². The second-order valence-corrected chi connectivity index (χ2v) is 3.81. The van der Waals surface area contributed by atoms with Gasteiger partial charge in [0.25, 0.3) is 0 Å². The van der Waals surface area contributed by atoms with Crippen LogP contribution in [0.25, 0.3) is 0 Å². The van der Waals surface area contributed by atoms with E-state index >= 15 is 0 Å². The molecule has 1 rings (SSSR count). The van der Waals surface area contributed by atoms with Crippen molar-refractivity contribution in [2.75, 3.05) is 11.4 Å². The first kappa shape index (κ1) is 12.5. The molecule has 0 saturated heterocycles. The van der Waals surface area contributed by atoms with Crippen LogP contribution in [-0.4, -0.2) is 18.5 Å². The standard InChI is InChI=1S/C12H18FN3/c1-4-16(12(14)15-9(2)3)11-7-5-6-10(13)8-11/h5-9H,4H2,1-3H3,(H2,14,15). The molecule has 1 aromatic rings. The van der Waals surface area contributed by atoms with Crippen LogP contribution in [0.15, 0.2) is 29.3 Å². The van der Waals surface area contributed by atoms with Gasteiger partial charge in [-0.2, -0.15) is 0 Å². The van der Waals surface area contributed by atoms with E-state index in [2.05, 4.69) is 4.99 Å². The summed E-state index contributed by atoms with van der Waals surface area (Å²) in [6.07, 6.45) is 0. The third-order valence-corrected chi connectivity index (χ3v) is 2.10. The molecule has 0 saturated carbocycles. The van der Waals surface area contributed by atoms with Gasteiger partial charge in [-0.25, -0.2) is 4.39 Å². The minimum atomic E-state index is -0.270. The summed E-state index contributed by atoms with van der Waals surface area (Å²) in [6, 6.07) is 6.47. The third-order valence-electron chi connectivity index (χ3n) is 2.10. The van der Waals surface area contributed by atoms with Gasteiger partial charge in [-0.15, -0.1) is 0 Å². The minimum absolute atomic E-state index is 0.127. The zero-order chi connectivity index (χ0) is 12.1. The molecule has 0 radical (unpaired) electrons. The zero-order valence-corrected chi connectivity index (χ0v) is 9.94. The molecule has 88 valence electrons. The first-order valence-electron chi connectivity index (χ1n) is 5.41. The summed E-state index contributed by atoms with van der Waals surface area (Å²) in [5.74, 6) is 0.149. The van der Waals surface area contributed by atoms with E-state index in [0.29, 0.717) is 12.5 Å². The molecule has 1 aromatic carbocycles. The van der Waals surface area contributed by atoms with Crippen LogP contribution in [0.1, 0.15) is 20.8 Å². The Morgan fingerprint density at radius 3 is 2.69 bits per heavy atom. The second-order valence-electron chi connectivity index (χ2n) is 3.81. The molecule has 3 nitrogen and oxygen atoms in total. The SMILES string of the molecule is CCN(C(N)=NC(C)C)c1cccc(F)c1. The Morgan fingerprint density at radius 2 is 2.19 bits per heavy atom. The van der Waals surface area contributed by atoms with Gasteiger partial charge in [-0.05, 0) is 39.0 Å². The molecule has 0 amide bonds. The quantitative estimate of drug-likeness (QED) is 0.631. The van der Waals surface area contributed by atoms with Gasteiger partial charge >= 0.3 is 0 Å². The predicted molar refractivity (Wildman–Crippen MR) is 66.2 cm³/mol. The molecule has 0 bridgehead atoms. The summed E-state index contributed by atoms with van der Waals surface area (Å²) in [5.41, 5.74) is 6.59. The molecule has 0 aliphatic rings. The maximum absolute atomic E-state index is 13.1. The number of rotatable bonds is 3. The highest BCUT2D eigenvalue weighted by Crippen LogP contribution is 2.15. The van der Waals surface area contributed by atoms with Crippen molar-refractivity contribution in [3.05, 3.63) is 30.1 Å². The van der Waals surface area contributed by atoms with Crippen molar-refractivity contribution in [3.8, 4) is 0 Å². The fourth-order valence-corrected chi connectivity index (χ4v) is 1.46. The molecule has 0 fully saturated rings. The van der Waals surface area contributed by atoms with E-state index in [-0.39, 0.29) is 11.9 Å². The van der Waals surface area contributed by atoms with Gasteiger partial charge < -0.3 is 10.6 Å². The van der Waals surface area contributed by atoms with E-state index in [1.807, 2.05) is 26.8 Å². The lowest BCUT2D eigenvalue weighted by Crippen LogP contribution is -2.38. The van der Waals surface area contributed by atoms with E-state index in [1.165, 1.54) is 12.1 Å². The molecule has 0 aromatic heterocycles. The lowest BCUT2D eigenvalue weighted by atomic mass is 10.3. The number of aliphatic imine (C=N–C) groups is 1. The molecular formula is C12H18FN3. The number of halogens is 1. The van der Waals surface area contributed by atoms with Gasteiger partial charge in [-0.3, -0.25) is 4.99 Å². The predicted octanol–water partition coefficient (Wildman–Crippen LogP) is 2.38. The van der Waals surface area contributed by atoms with Crippen LogP contribution in [0, 0.1) is 5.82 Å². The van der Waals surface area contributed by atoms with Gasteiger partial charge in [-0.1, -0.05) is 6.07 Å². The van der Waals surface area contributed by atoms with Gasteiger partial charge in [0.15, 0.2) is 5.96 Å². The average molecular weight is 223 g/mol. The highest BCUT2D eigenvalue weighted by atomic mass is 19.1. The second kappa shape index (κ2) is 5.49. The van der Waals surface area contributed by atoms with Gasteiger partial charge in [0.1, 0.15) is 5.82 Å². The van der Waals surface area contributed by atoms with E-state index in [1.54, 1.807) is 11.0 Å². The summed E-state index contributed by atoms with van der Waals surface area (Å²) >= 11 is 0. The lowest BCUT2D eigenvalue weighted by Gasteiger charge is -2.22. The number of benzene rings is 1. The van der Waals surface area contributed by atoms with Gasteiger partial charge in [0.05, 0.1) is 0 Å². The van der Waals surface area contributed by atoms with Crippen molar-refractivity contribution in [1.82, 2.24) is 0 Å². The van der Waals surface area contributed by atoms with Crippen LogP contribution < -0.4 is 10.6 Å². The van der Waals surface area contributed by atoms with Crippen LogP contribution in [0.3, 0.4) is 0 Å². The van der Waals surface area contributed by atoms with E-state index in [9.17, 15) is 4.39 Å². The first-order valence-corrected chi connectivity index (χ1v) is 5.41. The highest BCUT2D eigenvalue weighted by Gasteiger charge is 2.09. The van der Waals surface area contributed by atoms with Crippen LogP contribution in [0.4, 0.5) is 10.1 Å². The van der Waals surface area contributed by atoms with Crippen LogP contribution in [-0.2, 0) is 0 Å². The lowest BCUT2D eigenvalue weighted by molar-refractivity contribution is 0.627. The Morgan fingerprint density at radius 1 is 1.50 bits per heavy atom. The Balaban J connectivity index is 2.98. The summed E-state index contributed by atoms with van der Waals surface area (Å²) in [7, 11) is 0. The number of nitrogens with two attached hydrogens (primary N) is 1. The largest absolute Gasteiger partial charge is 0.370 e. The normalized spacial score (nSPS) is 11.9.